The van der Waals surface area contributed by atoms with Crippen LogP contribution in [0.5, 0.6) is 0 Å². The maximum Gasteiger partial charge on any atom is 0.510 e. The lowest BCUT2D eigenvalue weighted by Gasteiger charge is -2.17. The van der Waals surface area contributed by atoms with Crippen LogP contribution in [0, 0.1) is 0 Å². The number of ether oxygens (including phenoxy) is 2. The van der Waals surface area contributed by atoms with Crippen LogP contribution >= 0.6 is 50.7 Å². The molecular formula is C4H2BrCl3O3. The molecule has 0 spiro atoms. The van der Waals surface area contributed by atoms with Gasteiger partial charge < -0.3 is 9.47 Å². The van der Waals surface area contributed by atoms with Gasteiger partial charge in [-0.3, -0.25) is 0 Å². The van der Waals surface area contributed by atoms with E-state index in [0.717, 1.165) is 0 Å². The van der Waals surface area contributed by atoms with E-state index < -0.39 is 21.1 Å². The monoisotopic (exact) mass is 282 g/mol. The number of alkyl halides is 4. The van der Waals surface area contributed by atoms with Crippen LogP contribution < -0.4 is 0 Å². The number of hydrogen-bond donors (Lipinski definition) is 0. The Morgan fingerprint density at radius 1 is 1.36 bits per heavy atom. The molecular weight excluding hydrogens is 282 g/mol. The van der Waals surface area contributed by atoms with Gasteiger partial charge in [-0.1, -0.05) is 34.8 Å². The second-order valence-electron chi connectivity index (χ2n) is 1.80. The van der Waals surface area contributed by atoms with Gasteiger partial charge in [-0.15, -0.1) is 0 Å². The van der Waals surface area contributed by atoms with Gasteiger partial charge in [0.15, 0.2) is 6.10 Å². The summed E-state index contributed by atoms with van der Waals surface area (Å²) in [6.07, 6.45) is -1.75. The first-order valence-corrected chi connectivity index (χ1v) is 4.54. The van der Waals surface area contributed by atoms with E-state index in [4.69, 9.17) is 34.8 Å². The fourth-order valence-corrected chi connectivity index (χ4v) is 2.14. The second-order valence-corrected chi connectivity index (χ2v) is 5.07. The van der Waals surface area contributed by atoms with E-state index in [9.17, 15) is 4.79 Å². The molecule has 0 radical (unpaired) electrons. The third-order valence-electron chi connectivity index (χ3n) is 0.993. The quantitative estimate of drug-likeness (QED) is 0.507. The lowest BCUT2D eigenvalue weighted by atomic mass is 10.4. The second kappa shape index (κ2) is 3.17. The van der Waals surface area contributed by atoms with Crippen molar-refractivity contribution in [3.05, 3.63) is 0 Å². The van der Waals surface area contributed by atoms with Crippen LogP contribution in [-0.4, -0.2) is 21.1 Å². The highest BCUT2D eigenvalue weighted by atomic mass is 79.9. The van der Waals surface area contributed by atoms with Crippen LogP contribution in [-0.2, 0) is 9.47 Å². The first-order chi connectivity index (χ1) is 4.91. The number of halogens is 4. The van der Waals surface area contributed by atoms with E-state index in [-0.39, 0.29) is 0 Å². The van der Waals surface area contributed by atoms with Crippen molar-refractivity contribution >= 4 is 56.9 Å². The molecule has 3 nitrogen and oxygen atoms in total. The highest BCUT2D eigenvalue weighted by Gasteiger charge is 2.48. The number of cyclic esters (lactones) is 2. The maximum absolute atomic E-state index is 10.5. The van der Waals surface area contributed by atoms with Crippen molar-refractivity contribution in [1.82, 2.24) is 0 Å². The van der Waals surface area contributed by atoms with Gasteiger partial charge >= 0.3 is 6.16 Å². The number of carbonyl (C=O) groups is 1. The average molecular weight is 284 g/mol. The first kappa shape index (κ1) is 9.71. The Morgan fingerprint density at radius 2 is 1.91 bits per heavy atom. The molecule has 0 unspecified atom stereocenters. The van der Waals surface area contributed by atoms with Crippen molar-refractivity contribution in [2.45, 2.75) is 14.9 Å². The van der Waals surface area contributed by atoms with Crippen LogP contribution in [0.25, 0.3) is 0 Å². The van der Waals surface area contributed by atoms with Crippen molar-refractivity contribution in [2.24, 2.45) is 0 Å². The Balaban J connectivity index is 2.67. The minimum absolute atomic E-state index is 0.706. The third-order valence-corrected chi connectivity index (χ3v) is 2.30. The zero-order valence-electron chi connectivity index (χ0n) is 4.89. The lowest BCUT2D eigenvalue weighted by Crippen LogP contribution is -2.31. The van der Waals surface area contributed by atoms with Gasteiger partial charge in [0, 0.05) is 0 Å². The number of rotatable bonds is 0. The molecule has 0 aromatic rings. The highest BCUT2D eigenvalue weighted by Crippen LogP contribution is 2.39. The fraction of sp³-hybridized carbons (Fsp3) is 0.750. The summed E-state index contributed by atoms with van der Waals surface area (Å²) in [5.41, 5.74) is 0. The SMILES string of the molecule is O=C1O[C@H](Br)[C@@H](C(Cl)(Cl)Cl)O1. The molecule has 1 fully saturated rings. The zero-order chi connectivity index (χ0) is 8.65. The Kier molecular flexibility index (Phi) is 2.79. The van der Waals surface area contributed by atoms with E-state index >= 15 is 0 Å². The van der Waals surface area contributed by atoms with Crippen molar-refractivity contribution < 1.29 is 14.3 Å². The predicted molar refractivity (Wildman–Crippen MR) is 44.4 cm³/mol. The van der Waals surface area contributed by atoms with Gasteiger partial charge in [0.25, 0.3) is 0 Å². The normalized spacial score (nSPS) is 31.5. The van der Waals surface area contributed by atoms with Crippen LogP contribution in [0.15, 0.2) is 0 Å². The standard InChI is InChI=1S/C4H2BrCl3O3/c5-2-1(4(6,7)8)10-3(9)11-2/h1-2H/t1-,2-/m0/s1. The fourth-order valence-electron chi connectivity index (χ4n) is 0.554. The summed E-state index contributed by atoms with van der Waals surface area (Å²) in [4.78, 5) is 10.5. The van der Waals surface area contributed by atoms with Gasteiger partial charge in [-0.05, 0) is 15.9 Å². The summed E-state index contributed by atoms with van der Waals surface area (Å²) in [6, 6.07) is 0. The Bertz CT molecular complexity index is 180. The average Bonchev–Trinajstić information content (AvgIpc) is 2.08. The number of hydrogen-bond acceptors (Lipinski definition) is 3. The summed E-state index contributed by atoms with van der Waals surface area (Å²) in [6.45, 7) is 0. The van der Waals surface area contributed by atoms with Crippen LogP contribution in [0.3, 0.4) is 0 Å². The highest BCUT2D eigenvalue weighted by molar-refractivity contribution is 9.09. The first-order valence-electron chi connectivity index (χ1n) is 2.49. The molecule has 2 atom stereocenters. The smallest absolute Gasteiger partial charge is 0.421 e. The van der Waals surface area contributed by atoms with Crippen LogP contribution in [0.2, 0.25) is 0 Å². The molecule has 11 heavy (non-hydrogen) atoms. The molecule has 0 aliphatic carbocycles. The summed E-state index contributed by atoms with van der Waals surface area (Å²) in [5, 5.41) is -0.706. The van der Waals surface area contributed by atoms with E-state index in [1.165, 1.54) is 0 Å². The van der Waals surface area contributed by atoms with E-state index in [0.29, 0.717) is 0 Å². The van der Waals surface area contributed by atoms with Crippen LogP contribution in [0.1, 0.15) is 0 Å². The largest absolute Gasteiger partial charge is 0.510 e. The molecule has 0 aromatic carbocycles. The van der Waals surface area contributed by atoms with Crippen LogP contribution in [0.4, 0.5) is 4.79 Å². The van der Waals surface area contributed by atoms with Gasteiger partial charge in [0.2, 0.25) is 8.81 Å². The Hall–Kier alpha value is 0.620. The molecule has 64 valence electrons. The van der Waals surface area contributed by atoms with E-state index in [1.54, 1.807) is 0 Å². The maximum atomic E-state index is 10.5. The molecule has 1 rings (SSSR count). The van der Waals surface area contributed by atoms with Crippen molar-refractivity contribution in [2.75, 3.05) is 0 Å². The molecule has 7 heteroatoms. The summed E-state index contributed by atoms with van der Waals surface area (Å²) in [5.74, 6) is 0. The van der Waals surface area contributed by atoms with Crippen molar-refractivity contribution in [1.29, 1.82) is 0 Å². The molecule has 1 aliphatic rings. The molecule has 1 heterocycles. The molecule has 0 N–H and O–H groups in total. The Morgan fingerprint density at radius 3 is 2.09 bits per heavy atom. The summed E-state index contributed by atoms with van der Waals surface area (Å²) >= 11 is 19.3. The molecule has 1 aliphatic heterocycles. The van der Waals surface area contributed by atoms with Gasteiger partial charge in [-0.25, -0.2) is 4.79 Å². The molecule has 1 saturated heterocycles. The minimum atomic E-state index is -1.67. The predicted octanol–water partition coefficient (Wildman–Crippen LogP) is 2.61. The molecule has 0 bridgehead atoms. The van der Waals surface area contributed by atoms with Gasteiger partial charge in [0.1, 0.15) is 0 Å². The number of carbonyl (C=O) groups excluding carboxylic acids is 1. The van der Waals surface area contributed by atoms with E-state index in [2.05, 4.69) is 25.4 Å². The minimum Gasteiger partial charge on any atom is -0.421 e. The van der Waals surface area contributed by atoms with Crippen molar-refractivity contribution in [3.8, 4) is 0 Å². The molecule has 0 amide bonds. The summed E-state index contributed by atoms with van der Waals surface area (Å²) in [7, 11) is 0. The topological polar surface area (TPSA) is 35.5 Å². The summed E-state index contributed by atoms with van der Waals surface area (Å²) < 4.78 is 7.37. The lowest BCUT2D eigenvalue weighted by molar-refractivity contribution is 0.118. The zero-order valence-corrected chi connectivity index (χ0v) is 8.75. The third kappa shape index (κ3) is 2.28. The van der Waals surface area contributed by atoms with E-state index in [1.807, 2.05) is 0 Å². The van der Waals surface area contributed by atoms with Crippen molar-refractivity contribution in [3.63, 3.8) is 0 Å². The van der Waals surface area contributed by atoms with Gasteiger partial charge in [0.05, 0.1) is 0 Å². The Labute approximate surface area is 86.0 Å². The van der Waals surface area contributed by atoms with Gasteiger partial charge in [-0.2, -0.15) is 0 Å². The molecule has 0 saturated carbocycles. The molecule has 0 aromatic heterocycles.